The molecule has 1 aliphatic rings. The standard InChI is InChI=1S/C13H17BrFNO/c1-9-2-4-12(17-9)8-16-7-10-6-11(14)3-5-13(10)15/h3,5-6,9,12,16H,2,4,7-8H2,1H3. The third-order valence-electron chi connectivity index (χ3n) is 3.02. The van der Waals surface area contributed by atoms with Gasteiger partial charge in [0.1, 0.15) is 5.82 Å². The van der Waals surface area contributed by atoms with E-state index in [9.17, 15) is 4.39 Å². The maximum Gasteiger partial charge on any atom is 0.127 e. The number of rotatable bonds is 4. The minimum absolute atomic E-state index is 0.165. The van der Waals surface area contributed by atoms with Crippen LogP contribution in [0.3, 0.4) is 0 Å². The van der Waals surface area contributed by atoms with Crippen LogP contribution in [0, 0.1) is 5.82 Å². The van der Waals surface area contributed by atoms with Crippen LogP contribution >= 0.6 is 15.9 Å². The van der Waals surface area contributed by atoms with Crippen molar-refractivity contribution in [1.82, 2.24) is 5.32 Å². The van der Waals surface area contributed by atoms with Gasteiger partial charge >= 0.3 is 0 Å². The lowest BCUT2D eigenvalue weighted by Crippen LogP contribution is -2.26. The van der Waals surface area contributed by atoms with E-state index < -0.39 is 0 Å². The second-order valence-electron chi connectivity index (χ2n) is 4.51. The SMILES string of the molecule is CC1CCC(CNCc2cc(Br)ccc2F)O1. The molecular formula is C13H17BrFNO. The molecule has 1 N–H and O–H groups in total. The van der Waals surface area contributed by atoms with Gasteiger partial charge in [-0.25, -0.2) is 4.39 Å². The summed E-state index contributed by atoms with van der Waals surface area (Å²) in [5.41, 5.74) is 0.686. The molecule has 0 amide bonds. The molecule has 1 aliphatic heterocycles. The van der Waals surface area contributed by atoms with Gasteiger partial charge in [-0.2, -0.15) is 0 Å². The van der Waals surface area contributed by atoms with E-state index in [-0.39, 0.29) is 11.9 Å². The molecule has 1 saturated heterocycles. The van der Waals surface area contributed by atoms with E-state index in [1.807, 2.05) is 0 Å². The highest BCUT2D eigenvalue weighted by atomic mass is 79.9. The van der Waals surface area contributed by atoms with Crippen molar-refractivity contribution in [3.05, 3.63) is 34.1 Å². The molecular weight excluding hydrogens is 285 g/mol. The molecule has 1 fully saturated rings. The fourth-order valence-electron chi connectivity index (χ4n) is 2.08. The van der Waals surface area contributed by atoms with E-state index >= 15 is 0 Å². The first-order valence-electron chi connectivity index (χ1n) is 5.95. The summed E-state index contributed by atoms with van der Waals surface area (Å²) in [6, 6.07) is 5.00. The molecule has 1 heterocycles. The van der Waals surface area contributed by atoms with Crippen molar-refractivity contribution in [1.29, 1.82) is 0 Å². The maximum atomic E-state index is 13.4. The van der Waals surface area contributed by atoms with Gasteiger partial charge in [-0.1, -0.05) is 15.9 Å². The van der Waals surface area contributed by atoms with Crippen LogP contribution in [-0.2, 0) is 11.3 Å². The zero-order valence-electron chi connectivity index (χ0n) is 9.88. The second-order valence-corrected chi connectivity index (χ2v) is 5.43. The fourth-order valence-corrected chi connectivity index (χ4v) is 2.49. The summed E-state index contributed by atoms with van der Waals surface area (Å²) >= 11 is 3.34. The van der Waals surface area contributed by atoms with Crippen LogP contribution in [0.25, 0.3) is 0 Å². The summed E-state index contributed by atoms with van der Waals surface area (Å²) in [7, 11) is 0. The van der Waals surface area contributed by atoms with E-state index in [2.05, 4.69) is 28.2 Å². The molecule has 0 bridgehead atoms. The Labute approximate surface area is 110 Å². The Morgan fingerprint density at radius 2 is 2.29 bits per heavy atom. The molecule has 0 spiro atoms. The summed E-state index contributed by atoms with van der Waals surface area (Å²) in [4.78, 5) is 0. The lowest BCUT2D eigenvalue weighted by molar-refractivity contribution is 0.0558. The average Bonchev–Trinajstić information content (AvgIpc) is 2.69. The van der Waals surface area contributed by atoms with Crippen LogP contribution in [-0.4, -0.2) is 18.8 Å². The Morgan fingerprint density at radius 3 is 3.00 bits per heavy atom. The van der Waals surface area contributed by atoms with E-state index in [1.165, 1.54) is 6.07 Å². The zero-order chi connectivity index (χ0) is 12.3. The number of nitrogens with one attached hydrogen (secondary N) is 1. The van der Waals surface area contributed by atoms with Crippen LogP contribution in [0.4, 0.5) is 4.39 Å². The van der Waals surface area contributed by atoms with E-state index in [1.54, 1.807) is 12.1 Å². The Hall–Kier alpha value is -0.450. The van der Waals surface area contributed by atoms with Gasteiger partial charge in [0.25, 0.3) is 0 Å². The summed E-state index contributed by atoms with van der Waals surface area (Å²) in [6.45, 7) is 3.42. The molecule has 0 radical (unpaired) electrons. The molecule has 0 saturated carbocycles. The molecule has 2 rings (SSSR count). The highest BCUT2D eigenvalue weighted by molar-refractivity contribution is 9.10. The quantitative estimate of drug-likeness (QED) is 0.922. The van der Waals surface area contributed by atoms with Crippen LogP contribution < -0.4 is 5.32 Å². The molecule has 0 aromatic heterocycles. The van der Waals surface area contributed by atoms with Gasteiger partial charge in [-0.15, -0.1) is 0 Å². The monoisotopic (exact) mass is 301 g/mol. The normalized spacial score (nSPS) is 24.2. The van der Waals surface area contributed by atoms with E-state index in [4.69, 9.17) is 4.74 Å². The summed E-state index contributed by atoms with van der Waals surface area (Å²) < 4.78 is 20.0. The smallest absolute Gasteiger partial charge is 0.127 e. The van der Waals surface area contributed by atoms with Gasteiger partial charge in [0, 0.05) is 23.1 Å². The summed E-state index contributed by atoms with van der Waals surface area (Å²) in [5.74, 6) is -0.165. The molecule has 1 aromatic carbocycles. The number of ether oxygens (including phenoxy) is 1. The van der Waals surface area contributed by atoms with Crippen LogP contribution in [0.5, 0.6) is 0 Å². The number of benzene rings is 1. The second kappa shape index (κ2) is 5.94. The Morgan fingerprint density at radius 1 is 1.47 bits per heavy atom. The molecule has 94 valence electrons. The molecule has 0 aliphatic carbocycles. The fraction of sp³-hybridized carbons (Fsp3) is 0.538. The molecule has 4 heteroatoms. The minimum Gasteiger partial charge on any atom is -0.374 e. The topological polar surface area (TPSA) is 21.3 Å². The third kappa shape index (κ3) is 3.76. The van der Waals surface area contributed by atoms with Crippen molar-refractivity contribution < 1.29 is 9.13 Å². The first-order valence-corrected chi connectivity index (χ1v) is 6.74. The summed E-state index contributed by atoms with van der Waals surface area (Å²) in [6.07, 6.45) is 2.86. The third-order valence-corrected chi connectivity index (χ3v) is 3.51. The lowest BCUT2D eigenvalue weighted by atomic mass is 10.2. The van der Waals surface area contributed by atoms with Gasteiger partial charge in [-0.05, 0) is 38.0 Å². The summed E-state index contributed by atoms with van der Waals surface area (Å²) in [5, 5.41) is 3.25. The molecule has 17 heavy (non-hydrogen) atoms. The highest BCUT2D eigenvalue weighted by Crippen LogP contribution is 2.19. The predicted octanol–water partition coefficient (Wildman–Crippen LogP) is 3.25. The zero-order valence-corrected chi connectivity index (χ0v) is 11.5. The van der Waals surface area contributed by atoms with Crippen LogP contribution in [0.1, 0.15) is 25.3 Å². The van der Waals surface area contributed by atoms with Crippen molar-refractivity contribution in [3.8, 4) is 0 Å². The molecule has 2 nitrogen and oxygen atoms in total. The first kappa shape index (κ1) is 13.0. The first-order chi connectivity index (χ1) is 8.15. The lowest BCUT2D eigenvalue weighted by Gasteiger charge is -2.12. The van der Waals surface area contributed by atoms with Crippen molar-refractivity contribution in [2.24, 2.45) is 0 Å². The predicted molar refractivity (Wildman–Crippen MR) is 69.4 cm³/mol. The average molecular weight is 302 g/mol. The van der Waals surface area contributed by atoms with Gasteiger partial charge in [0.15, 0.2) is 0 Å². The Balaban J connectivity index is 1.80. The Bertz CT molecular complexity index is 386. The van der Waals surface area contributed by atoms with Crippen LogP contribution in [0.2, 0.25) is 0 Å². The largest absolute Gasteiger partial charge is 0.374 e. The molecule has 2 unspecified atom stereocenters. The highest BCUT2D eigenvalue weighted by Gasteiger charge is 2.21. The Kier molecular flexibility index (Phi) is 4.54. The van der Waals surface area contributed by atoms with Crippen molar-refractivity contribution in [2.45, 2.75) is 38.5 Å². The number of hydrogen-bond donors (Lipinski definition) is 1. The van der Waals surface area contributed by atoms with Gasteiger partial charge in [0.2, 0.25) is 0 Å². The van der Waals surface area contributed by atoms with Crippen molar-refractivity contribution >= 4 is 15.9 Å². The van der Waals surface area contributed by atoms with Crippen molar-refractivity contribution in [3.63, 3.8) is 0 Å². The minimum atomic E-state index is -0.165. The van der Waals surface area contributed by atoms with Crippen molar-refractivity contribution in [2.75, 3.05) is 6.54 Å². The van der Waals surface area contributed by atoms with Gasteiger partial charge in [-0.3, -0.25) is 0 Å². The number of hydrogen-bond acceptors (Lipinski definition) is 2. The van der Waals surface area contributed by atoms with Crippen LogP contribution in [0.15, 0.2) is 22.7 Å². The van der Waals surface area contributed by atoms with E-state index in [0.717, 1.165) is 23.9 Å². The maximum absolute atomic E-state index is 13.4. The van der Waals surface area contributed by atoms with E-state index in [0.29, 0.717) is 18.2 Å². The van der Waals surface area contributed by atoms with Gasteiger partial charge < -0.3 is 10.1 Å². The molecule has 2 atom stereocenters. The molecule has 1 aromatic rings. The number of halogens is 2. The van der Waals surface area contributed by atoms with Gasteiger partial charge in [0.05, 0.1) is 12.2 Å².